The number of nitrogens with zero attached hydrogens (tertiary/aromatic N) is 4. The molecular formula is C24H27N5O2S. The van der Waals surface area contributed by atoms with Gasteiger partial charge in [0.25, 0.3) is 5.56 Å². The van der Waals surface area contributed by atoms with E-state index in [1.54, 1.807) is 4.57 Å². The maximum atomic E-state index is 13.0. The largest absolute Gasteiger partial charge is 0.325 e. The van der Waals surface area contributed by atoms with E-state index >= 15 is 0 Å². The average Bonchev–Trinajstić information content (AvgIpc) is 3.19. The first-order chi connectivity index (χ1) is 15.4. The van der Waals surface area contributed by atoms with Crippen molar-refractivity contribution in [1.82, 2.24) is 19.2 Å². The number of nitrogens with one attached hydrogen (secondary N) is 1. The number of aromatic nitrogens is 4. The van der Waals surface area contributed by atoms with Crippen LogP contribution in [0.4, 0.5) is 5.69 Å². The Morgan fingerprint density at radius 1 is 1.09 bits per heavy atom. The zero-order valence-electron chi connectivity index (χ0n) is 18.8. The minimum atomic E-state index is -0.106. The van der Waals surface area contributed by atoms with E-state index in [2.05, 4.69) is 34.6 Å². The van der Waals surface area contributed by atoms with Crippen molar-refractivity contribution in [1.29, 1.82) is 0 Å². The number of hydrogen-bond donors (Lipinski definition) is 1. The van der Waals surface area contributed by atoms with Crippen LogP contribution in [0.1, 0.15) is 36.5 Å². The van der Waals surface area contributed by atoms with E-state index in [0.717, 1.165) is 35.2 Å². The molecule has 2 aromatic carbocycles. The van der Waals surface area contributed by atoms with Crippen molar-refractivity contribution >= 4 is 40.0 Å². The minimum absolute atomic E-state index is 0.0615. The molecular weight excluding hydrogens is 422 g/mol. The molecule has 0 saturated heterocycles. The lowest BCUT2D eigenvalue weighted by molar-refractivity contribution is -0.113. The summed E-state index contributed by atoms with van der Waals surface area (Å²) in [5.74, 6) is 0.594. The van der Waals surface area contributed by atoms with E-state index in [0.29, 0.717) is 22.9 Å². The number of benzene rings is 2. The molecule has 0 aliphatic rings. The number of carbonyl (C=O) groups is 1. The monoisotopic (exact) mass is 449 g/mol. The third-order valence-electron chi connectivity index (χ3n) is 5.49. The number of para-hydroxylation sites is 1. The third kappa shape index (κ3) is 4.14. The Morgan fingerprint density at radius 2 is 1.81 bits per heavy atom. The summed E-state index contributed by atoms with van der Waals surface area (Å²) in [6, 6.07) is 11.6. The van der Waals surface area contributed by atoms with Crippen LogP contribution in [0.15, 0.2) is 46.3 Å². The van der Waals surface area contributed by atoms with Crippen molar-refractivity contribution in [2.24, 2.45) is 0 Å². The third-order valence-corrected chi connectivity index (χ3v) is 6.42. The van der Waals surface area contributed by atoms with Crippen LogP contribution in [-0.2, 0) is 11.3 Å². The molecule has 0 unspecified atom stereocenters. The average molecular weight is 450 g/mol. The molecule has 0 atom stereocenters. The van der Waals surface area contributed by atoms with Crippen molar-refractivity contribution in [3.63, 3.8) is 0 Å². The fourth-order valence-electron chi connectivity index (χ4n) is 4.03. The molecule has 32 heavy (non-hydrogen) atoms. The molecule has 4 aromatic rings. The second-order valence-electron chi connectivity index (χ2n) is 8.06. The van der Waals surface area contributed by atoms with Crippen molar-refractivity contribution in [2.45, 2.75) is 52.2 Å². The second kappa shape index (κ2) is 9.16. The molecule has 4 rings (SSSR count). The Balaban J connectivity index is 1.65. The highest BCUT2D eigenvalue weighted by molar-refractivity contribution is 7.99. The Bertz CT molecular complexity index is 1350. The number of carbonyl (C=O) groups excluding carboxylic acids is 1. The molecule has 0 bridgehead atoms. The topological polar surface area (TPSA) is 81.3 Å². The van der Waals surface area contributed by atoms with Gasteiger partial charge in [0.15, 0.2) is 5.16 Å². The number of anilines is 1. The fraction of sp³-hybridized carbons (Fsp3) is 0.333. The summed E-state index contributed by atoms with van der Waals surface area (Å²) >= 11 is 1.31. The summed E-state index contributed by atoms with van der Waals surface area (Å²) < 4.78 is 3.56. The molecule has 0 radical (unpaired) electrons. The Kier molecular flexibility index (Phi) is 6.32. The Hall–Kier alpha value is -3.13. The molecule has 0 fully saturated rings. The fourth-order valence-corrected chi connectivity index (χ4v) is 4.77. The van der Waals surface area contributed by atoms with Crippen molar-refractivity contribution in [2.75, 3.05) is 11.1 Å². The lowest BCUT2D eigenvalue weighted by atomic mass is 10.1. The van der Waals surface area contributed by atoms with E-state index in [4.69, 9.17) is 0 Å². The van der Waals surface area contributed by atoms with E-state index in [1.165, 1.54) is 17.3 Å². The van der Waals surface area contributed by atoms with E-state index in [1.807, 2.05) is 49.4 Å². The zero-order valence-corrected chi connectivity index (χ0v) is 19.6. The zero-order chi connectivity index (χ0) is 22.8. The molecule has 7 nitrogen and oxygen atoms in total. The molecule has 0 aliphatic carbocycles. The van der Waals surface area contributed by atoms with Gasteiger partial charge in [-0.2, -0.15) is 0 Å². The van der Waals surface area contributed by atoms with Crippen LogP contribution in [0.2, 0.25) is 0 Å². The van der Waals surface area contributed by atoms with Crippen molar-refractivity contribution < 1.29 is 4.79 Å². The molecule has 8 heteroatoms. The maximum Gasteiger partial charge on any atom is 0.262 e. The SMILES string of the molecule is CCCCn1c(=O)c2ccccc2n2c(SCC(=O)Nc3c(C)cc(C)cc3C)nnc12. The number of rotatable bonds is 7. The smallest absolute Gasteiger partial charge is 0.262 e. The number of hydrogen-bond acceptors (Lipinski definition) is 5. The molecule has 2 aromatic heterocycles. The standard InChI is InChI=1S/C24H27N5O2S/c1-5-6-11-28-22(31)18-9-7-8-10-19(18)29-23(28)26-27-24(29)32-14-20(30)25-21-16(3)12-15(2)13-17(21)4/h7-10,12-13H,5-6,11,14H2,1-4H3,(H,25,30). The summed E-state index contributed by atoms with van der Waals surface area (Å²) in [5.41, 5.74) is 4.79. The molecule has 0 saturated carbocycles. The van der Waals surface area contributed by atoms with Crippen molar-refractivity contribution in [3.8, 4) is 0 Å². The van der Waals surface area contributed by atoms with Gasteiger partial charge in [-0.3, -0.25) is 18.6 Å². The van der Waals surface area contributed by atoms with E-state index in [-0.39, 0.29) is 17.2 Å². The van der Waals surface area contributed by atoms with Gasteiger partial charge < -0.3 is 5.32 Å². The van der Waals surface area contributed by atoms with Crippen LogP contribution in [0.3, 0.4) is 0 Å². The lowest BCUT2D eigenvalue weighted by Gasteiger charge is -2.13. The molecule has 2 heterocycles. The molecule has 0 aliphatic heterocycles. The molecule has 166 valence electrons. The van der Waals surface area contributed by atoms with Gasteiger partial charge in [-0.1, -0.05) is 54.9 Å². The summed E-state index contributed by atoms with van der Waals surface area (Å²) in [7, 11) is 0. The first-order valence-electron chi connectivity index (χ1n) is 10.8. The lowest BCUT2D eigenvalue weighted by Crippen LogP contribution is -2.23. The van der Waals surface area contributed by atoms with E-state index in [9.17, 15) is 9.59 Å². The highest BCUT2D eigenvalue weighted by atomic mass is 32.2. The van der Waals surface area contributed by atoms with Gasteiger partial charge in [-0.05, 0) is 50.5 Å². The number of thioether (sulfide) groups is 1. The van der Waals surface area contributed by atoms with Crippen LogP contribution in [0, 0.1) is 20.8 Å². The summed E-state index contributed by atoms with van der Waals surface area (Å²) in [4.78, 5) is 25.7. The Labute approximate surface area is 190 Å². The van der Waals surface area contributed by atoms with Crippen LogP contribution in [0.25, 0.3) is 16.7 Å². The molecule has 0 spiro atoms. The highest BCUT2D eigenvalue weighted by Crippen LogP contribution is 2.24. The predicted molar refractivity (Wildman–Crippen MR) is 130 cm³/mol. The number of fused-ring (bicyclic) bond motifs is 3. The second-order valence-corrected chi connectivity index (χ2v) is 9.00. The van der Waals surface area contributed by atoms with Crippen LogP contribution in [0.5, 0.6) is 0 Å². The normalized spacial score (nSPS) is 11.4. The minimum Gasteiger partial charge on any atom is -0.325 e. The van der Waals surface area contributed by atoms with Crippen LogP contribution in [-0.4, -0.2) is 30.8 Å². The van der Waals surface area contributed by atoms with Crippen LogP contribution < -0.4 is 10.9 Å². The van der Waals surface area contributed by atoms with Gasteiger partial charge in [0.1, 0.15) is 0 Å². The Morgan fingerprint density at radius 3 is 2.53 bits per heavy atom. The van der Waals surface area contributed by atoms with Gasteiger partial charge in [-0.25, -0.2) is 0 Å². The molecule has 1 N–H and O–H groups in total. The number of amides is 1. The van der Waals surface area contributed by atoms with E-state index < -0.39 is 0 Å². The number of unbranched alkanes of at least 4 members (excludes halogenated alkanes) is 1. The first-order valence-corrected chi connectivity index (χ1v) is 11.8. The van der Waals surface area contributed by atoms with Gasteiger partial charge in [0.05, 0.1) is 16.7 Å². The first kappa shape index (κ1) is 22.1. The predicted octanol–water partition coefficient (Wildman–Crippen LogP) is 4.50. The van der Waals surface area contributed by atoms with Gasteiger partial charge in [0.2, 0.25) is 11.7 Å². The summed E-state index contributed by atoms with van der Waals surface area (Å²) in [5, 5.41) is 12.9. The van der Waals surface area contributed by atoms with Gasteiger partial charge in [-0.15, -0.1) is 10.2 Å². The van der Waals surface area contributed by atoms with Crippen molar-refractivity contribution in [3.05, 3.63) is 63.4 Å². The van der Waals surface area contributed by atoms with Crippen LogP contribution >= 0.6 is 11.8 Å². The highest BCUT2D eigenvalue weighted by Gasteiger charge is 2.18. The summed E-state index contributed by atoms with van der Waals surface area (Å²) in [6.45, 7) is 8.71. The number of aryl methyl sites for hydroxylation is 4. The van der Waals surface area contributed by atoms with Gasteiger partial charge in [0, 0.05) is 12.2 Å². The quantitative estimate of drug-likeness (QED) is 0.420. The summed E-state index contributed by atoms with van der Waals surface area (Å²) in [6.07, 6.45) is 1.85. The van der Waals surface area contributed by atoms with Gasteiger partial charge >= 0.3 is 0 Å². The molecule has 1 amide bonds. The maximum absolute atomic E-state index is 13.0.